The van der Waals surface area contributed by atoms with E-state index in [1.165, 1.54) is 96.3 Å². The number of ether oxygens (including phenoxy) is 3. The Morgan fingerprint density at radius 3 is 1.32 bits per heavy atom. The second-order valence-electron chi connectivity index (χ2n) is 18.0. The van der Waals surface area contributed by atoms with Gasteiger partial charge >= 0.3 is 11.9 Å². The lowest BCUT2D eigenvalue weighted by Gasteiger charge is -2.34. The van der Waals surface area contributed by atoms with E-state index in [0.717, 1.165) is 70.6 Å². The molecule has 0 aromatic carbocycles. The van der Waals surface area contributed by atoms with E-state index >= 15 is 0 Å². The molecule has 0 heterocycles. The SMILES string of the molecule is CCCCC/C=C/C/C=C/C/C=C/C/C=C/C/C=C/CCCCC(=O)OC(COCCC(C(=O)[O-])[N+](C)(C)C)COC(=O)CCCCCCC/C=C/CCCCCCCCCCC. The summed E-state index contributed by atoms with van der Waals surface area (Å²) in [6.45, 7) is 4.58. The predicted molar refractivity (Wildman–Crippen MR) is 263 cm³/mol. The third kappa shape index (κ3) is 43.8. The number of unbranched alkanes of at least 4 members (excludes halogenated alkanes) is 19. The number of carbonyl (C=O) groups excluding carboxylic acids is 3. The third-order valence-electron chi connectivity index (χ3n) is 11.1. The molecule has 0 aliphatic rings. The number of aliphatic carboxylic acids is 1. The second-order valence-corrected chi connectivity index (χ2v) is 18.0. The van der Waals surface area contributed by atoms with E-state index in [0.29, 0.717) is 12.8 Å². The number of esters is 2. The Labute approximate surface area is 387 Å². The van der Waals surface area contributed by atoms with E-state index in [2.05, 4.69) is 86.8 Å². The highest BCUT2D eigenvalue weighted by Crippen LogP contribution is 2.13. The summed E-state index contributed by atoms with van der Waals surface area (Å²) in [6.07, 6.45) is 57.9. The number of hydrogen-bond acceptors (Lipinski definition) is 7. The first-order valence-corrected chi connectivity index (χ1v) is 25.5. The van der Waals surface area contributed by atoms with Gasteiger partial charge in [0, 0.05) is 19.3 Å². The van der Waals surface area contributed by atoms with E-state index in [9.17, 15) is 19.5 Å². The van der Waals surface area contributed by atoms with Crippen LogP contribution in [0.15, 0.2) is 72.9 Å². The first kappa shape index (κ1) is 59.8. The van der Waals surface area contributed by atoms with Gasteiger partial charge in [-0.2, -0.15) is 0 Å². The lowest BCUT2D eigenvalue weighted by molar-refractivity contribution is -0.889. The fourth-order valence-corrected chi connectivity index (χ4v) is 7.08. The van der Waals surface area contributed by atoms with E-state index < -0.39 is 18.1 Å². The molecule has 0 saturated carbocycles. The van der Waals surface area contributed by atoms with Gasteiger partial charge in [-0.3, -0.25) is 9.59 Å². The van der Waals surface area contributed by atoms with E-state index in [1.807, 2.05) is 0 Å². The summed E-state index contributed by atoms with van der Waals surface area (Å²) in [5.74, 6) is -1.80. The molecule has 0 aliphatic heterocycles. The molecule has 0 amide bonds. The number of nitrogens with zero attached hydrogens (tertiary/aromatic N) is 1. The maximum Gasteiger partial charge on any atom is 0.306 e. The van der Waals surface area contributed by atoms with Crippen molar-refractivity contribution in [3.8, 4) is 0 Å². The van der Waals surface area contributed by atoms with Crippen molar-refractivity contribution in [1.82, 2.24) is 0 Å². The van der Waals surface area contributed by atoms with Gasteiger partial charge in [0.15, 0.2) is 6.10 Å². The summed E-state index contributed by atoms with van der Waals surface area (Å²) < 4.78 is 17.2. The summed E-state index contributed by atoms with van der Waals surface area (Å²) in [5, 5.41) is 11.7. The maximum absolute atomic E-state index is 12.8. The Morgan fingerprint density at radius 1 is 0.476 bits per heavy atom. The normalized spacial score (nSPS) is 13.5. The van der Waals surface area contributed by atoms with Crippen LogP contribution in [-0.4, -0.2) is 75.5 Å². The Hall–Kier alpha value is -3.23. The molecular weight excluding hydrogens is 787 g/mol. The minimum Gasteiger partial charge on any atom is -0.544 e. The van der Waals surface area contributed by atoms with Crippen LogP contribution in [-0.2, 0) is 28.6 Å². The smallest absolute Gasteiger partial charge is 0.306 e. The van der Waals surface area contributed by atoms with Crippen molar-refractivity contribution in [2.75, 3.05) is 41.0 Å². The average molecular weight is 882 g/mol. The van der Waals surface area contributed by atoms with Gasteiger partial charge in [-0.05, 0) is 89.9 Å². The van der Waals surface area contributed by atoms with E-state index in [1.54, 1.807) is 21.1 Å². The molecule has 0 spiro atoms. The second kappa shape index (κ2) is 45.3. The molecule has 362 valence electrons. The van der Waals surface area contributed by atoms with Crippen LogP contribution in [0.5, 0.6) is 0 Å². The zero-order valence-corrected chi connectivity index (χ0v) is 41.2. The number of carboxylic acid groups (broad SMARTS) is 1. The monoisotopic (exact) mass is 882 g/mol. The molecule has 0 rings (SSSR count). The molecule has 2 atom stereocenters. The third-order valence-corrected chi connectivity index (χ3v) is 11.1. The number of rotatable bonds is 45. The van der Waals surface area contributed by atoms with Gasteiger partial charge in [0.25, 0.3) is 0 Å². The molecule has 0 aromatic rings. The lowest BCUT2D eigenvalue weighted by Crippen LogP contribution is -2.55. The summed E-state index contributed by atoms with van der Waals surface area (Å²) in [7, 11) is 5.39. The number of allylic oxidation sites excluding steroid dienone is 12. The number of carboxylic acids is 1. The van der Waals surface area contributed by atoms with Crippen LogP contribution in [0.1, 0.15) is 206 Å². The highest BCUT2D eigenvalue weighted by atomic mass is 16.6. The number of likely N-dealkylation sites (N-methyl/N-ethyl adjacent to an activating group) is 1. The van der Waals surface area contributed by atoms with E-state index in [4.69, 9.17) is 14.2 Å². The van der Waals surface area contributed by atoms with Crippen molar-refractivity contribution >= 4 is 17.9 Å². The fraction of sp³-hybridized carbons (Fsp3) is 0.727. The molecule has 0 N–H and O–H groups in total. The Kier molecular flexibility index (Phi) is 43.0. The van der Waals surface area contributed by atoms with Gasteiger partial charge in [-0.25, -0.2) is 0 Å². The molecule has 8 nitrogen and oxygen atoms in total. The van der Waals surface area contributed by atoms with Crippen LogP contribution >= 0.6 is 0 Å². The van der Waals surface area contributed by atoms with Crippen molar-refractivity contribution in [3.05, 3.63) is 72.9 Å². The topological polar surface area (TPSA) is 102 Å². The molecule has 0 fully saturated rings. The minimum atomic E-state index is -1.13. The highest BCUT2D eigenvalue weighted by Gasteiger charge is 2.25. The standard InChI is InChI=1S/C55H95NO7/c1-6-8-10-12-14-16-18-20-22-24-26-27-28-30-32-34-36-38-40-42-44-46-54(58)63-51(49-61-48-47-52(55(59)60)56(3,4)5)50-62-53(57)45-43-41-39-37-35-33-31-29-25-23-21-19-17-15-13-11-9-7-2/h14,16,20,22,26-27,29-32,36,38,51-52H,6-13,15,17-19,21,23-25,28,33-35,37,39-50H2,1-5H3/b16-14+,22-20+,27-26+,31-29+,32-30+,38-36+. The van der Waals surface area contributed by atoms with Crippen molar-refractivity contribution in [2.24, 2.45) is 0 Å². The minimum absolute atomic E-state index is 0.0176. The van der Waals surface area contributed by atoms with Crippen molar-refractivity contribution in [1.29, 1.82) is 0 Å². The first-order valence-electron chi connectivity index (χ1n) is 25.5. The van der Waals surface area contributed by atoms with Crippen LogP contribution in [0.2, 0.25) is 0 Å². The Bertz CT molecular complexity index is 1260. The first-order chi connectivity index (χ1) is 30.6. The number of quaternary nitrogens is 1. The molecule has 63 heavy (non-hydrogen) atoms. The largest absolute Gasteiger partial charge is 0.544 e. The Morgan fingerprint density at radius 2 is 0.841 bits per heavy atom. The zero-order chi connectivity index (χ0) is 46.3. The van der Waals surface area contributed by atoms with Crippen molar-refractivity contribution in [3.63, 3.8) is 0 Å². The van der Waals surface area contributed by atoms with Crippen LogP contribution in [0.3, 0.4) is 0 Å². The predicted octanol–water partition coefficient (Wildman–Crippen LogP) is 13.4. The average Bonchev–Trinajstić information content (AvgIpc) is 3.24. The van der Waals surface area contributed by atoms with Crippen LogP contribution in [0, 0.1) is 0 Å². The number of carbonyl (C=O) groups is 3. The van der Waals surface area contributed by atoms with Crippen LogP contribution in [0.4, 0.5) is 0 Å². The van der Waals surface area contributed by atoms with E-state index in [-0.39, 0.29) is 49.1 Å². The van der Waals surface area contributed by atoms with Gasteiger partial charge in [0.2, 0.25) is 0 Å². The van der Waals surface area contributed by atoms with Gasteiger partial charge in [0.05, 0.1) is 40.3 Å². The molecule has 0 radical (unpaired) electrons. The molecule has 0 bridgehead atoms. The molecule has 0 saturated heterocycles. The maximum atomic E-state index is 12.8. The van der Waals surface area contributed by atoms with Gasteiger partial charge in [0.1, 0.15) is 12.6 Å². The molecule has 2 unspecified atom stereocenters. The van der Waals surface area contributed by atoms with Gasteiger partial charge < -0.3 is 28.6 Å². The Balaban J connectivity index is 4.38. The van der Waals surface area contributed by atoms with Gasteiger partial charge in [-0.15, -0.1) is 0 Å². The summed E-state index contributed by atoms with van der Waals surface area (Å²) in [6, 6.07) is -0.739. The molecule has 0 aromatic heterocycles. The molecular formula is C55H95NO7. The highest BCUT2D eigenvalue weighted by molar-refractivity contribution is 5.70. The summed E-state index contributed by atoms with van der Waals surface area (Å²) >= 11 is 0. The van der Waals surface area contributed by atoms with Crippen molar-refractivity contribution in [2.45, 2.75) is 219 Å². The summed E-state index contributed by atoms with van der Waals surface area (Å²) in [4.78, 5) is 37.0. The lowest BCUT2D eigenvalue weighted by atomic mass is 10.1. The van der Waals surface area contributed by atoms with Crippen LogP contribution < -0.4 is 5.11 Å². The zero-order valence-electron chi connectivity index (χ0n) is 41.2. The molecule has 0 aliphatic carbocycles. The van der Waals surface area contributed by atoms with Gasteiger partial charge in [-0.1, -0.05) is 170 Å². The molecule has 8 heteroatoms. The van der Waals surface area contributed by atoms with Crippen molar-refractivity contribution < 1.29 is 38.2 Å². The number of hydrogen-bond donors (Lipinski definition) is 0. The fourth-order valence-electron chi connectivity index (χ4n) is 7.08. The van der Waals surface area contributed by atoms with Crippen LogP contribution in [0.25, 0.3) is 0 Å². The quantitative estimate of drug-likeness (QED) is 0.0260. The summed E-state index contributed by atoms with van der Waals surface area (Å²) in [5.41, 5.74) is 0.